The topological polar surface area (TPSA) is 98.5 Å². The van der Waals surface area contributed by atoms with E-state index in [9.17, 15) is 9.59 Å². The zero-order chi connectivity index (χ0) is 19.6. The van der Waals surface area contributed by atoms with E-state index >= 15 is 0 Å². The number of carbonyl (C=O) groups is 2. The van der Waals surface area contributed by atoms with Gasteiger partial charge in [0.25, 0.3) is 5.78 Å². The lowest BCUT2D eigenvalue weighted by atomic mass is 10.1. The van der Waals surface area contributed by atoms with Gasteiger partial charge in [0.05, 0.1) is 18.4 Å². The van der Waals surface area contributed by atoms with Crippen LogP contribution >= 0.6 is 0 Å². The number of esters is 1. The molecular formula is C19H21N5O3. The highest BCUT2D eigenvalue weighted by molar-refractivity contribution is 6.01. The monoisotopic (exact) mass is 367 g/mol. The number of nitrogens with one attached hydrogen (secondary N) is 1. The number of fused-ring (bicyclic) bond motifs is 1. The summed E-state index contributed by atoms with van der Waals surface area (Å²) in [6.07, 6.45) is 2.21. The first-order chi connectivity index (χ1) is 12.9. The Morgan fingerprint density at radius 2 is 2.00 bits per heavy atom. The predicted molar refractivity (Wildman–Crippen MR) is 99.7 cm³/mol. The summed E-state index contributed by atoms with van der Waals surface area (Å²) in [5, 5.41) is 6.95. The smallest absolute Gasteiger partial charge is 0.339 e. The Kier molecular flexibility index (Phi) is 5.16. The first-order valence-electron chi connectivity index (χ1n) is 8.55. The zero-order valence-electron chi connectivity index (χ0n) is 15.7. The summed E-state index contributed by atoms with van der Waals surface area (Å²) in [6.45, 7) is 5.69. The van der Waals surface area contributed by atoms with Gasteiger partial charge in [-0.05, 0) is 44.9 Å². The molecule has 0 aliphatic heterocycles. The van der Waals surface area contributed by atoms with Crippen molar-refractivity contribution < 1.29 is 14.3 Å². The summed E-state index contributed by atoms with van der Waals surface area (Å²) in [5.74, 6) is -0.136. The standard InChI is InChI=1S/C19H21N5O3/c1-11-5-7-16(15(9-11)18(26)27-4)23-17(25)8-6-14-12(2)22-19-20-10-21-24(19)13(14)3/h5,7,9-10H,6,8H2,1-4H3,(H,23,25). The van der Waals surface area contributed by atoms with Crippen molar-refractivity contribution in [1.29, 1.82) is 0 Å². The van der Waals surface area contributed by atoms with Crippen molar-refractivity contribution in [3.63, 3.8) is 0 Å². The number of amides is 1. The normalized spacial score (nSPS) is 10.8. The van der Waals surface area contributed by atoms with Crippen LogP contribution < -0.4 is 5.32 Å². The molecule has 2 aromatic heterocycles. The zero-order valence-corrected chi connectivity index (χ0v) is 15.7. The summed E-state index contributed by atoms with van der Waals surface area (Å²) < 4.78 is 6.46. The molecule has 0 unspecified atom stereocenters. The van der Waals surface area contributed by atoms with Crippen LogP contribution in [0.15, 0.2) is 24.5 Å². The second kappa shape index (κ2) is 7.53. The first kappa shape index (κ1) is 18.5. The second-order valence-electron chi connectivity index (χ2n) is 6.32. The van der Waals surface area contributed by atoms with Gasteiger partial charge in [0.1, 0.15) is 6.33 Å². The molecule has 0 saturated heterocycles. The molecule has 3 rings (SSSR count). The Morgan fingerprint density at radius 1 is 1.22 bits per heavy atom. The average molecular weight is 367 g/mol. The maximum absolute atomic E-state index is 12.5. The number of aryl methyl sites for hydroxylation is 3. The molecule has 27 heavy (non-hydrogen) atoms. The fraction of sp³-hybridized carbons (Fsp3) is 0.316. The molecule has 140 valence electrons. The minimum Gasteiger partial charge on any atom is -0.465 e. The van der Waals surface area contributed by atoms with Crippen LogP contribution in [-0.4, -0.2) is 38.6 Å². The molecule has 3 aromatic rings. The van der Waals surface area contributed by atoms with Gasteiger partial charge in [0.2, 0.25) is 5.91 Å². The number of hydrogen-bond donors (Lipinski definition) is 1. The molecule has 1 N–H and O–H groups in total. The number of nitrogens with zero attached hydrogens (tertiary/aromatic N) is 4. The molecular weight excluding hydrogens is 346 g/mol. The van der Waals surface area contributed by atoms with Gasteiger partial charge in [-0.1, -0.05) is 11.6 Å². The Morgan fingerprint density at radius 3 is 2.74 bits per heavy atom. The number of ether oxygens (including phenoxy) is 1. The molecule has 0 spiro atoms. The molecule has 0 aliphatic rings. The highest BCUT2D eigenvalue weighted by atomic mass is 16.5. The molecule has 0 aliphatic carbocycles. The Labute approximate surface area is 156 Å². The van der Waals surface area contributed by atoms with Crippen LogP contribution in [0.2, 0.25) is 0 Å². The van der Waals surface area contributed by atoms with E-state index in [-0.39, 0.29) is 12.3 Å². The largest absolute Gasteiger partial charge is 0.465 e. The van der Waals surface area contributed by atoms with Gasteiger partial charge in [-0.2, -0.15) is 10.1 Å². The minimum atomic E-state index is -0.485. The van der Waals surface area contributed by atoms with E-state index in [1.807, 2.05) is 26.8 Å². The van der Waals surface area contributed by atoms with Gasteiger partial charge in [0, 0.05) is 17.8 Å². The first-order valence-corrected chi connectivity index (χ1v) is 8.55. The van der Waals surface area contributed by atoms with E-state index in [4.69, 9.17) is 4.74 Å². The van der Waals surface area contributed by atoms with Crippen molar-refractivity contribution in [2.45, 2.75) is 33.6 Å². The third kappa shape index (κ3) is 3.79. The molecule has 2 heterocycles. The average Bonchev–Trinajstić information content (AvgIpc) is 3.10. The van der Waals surface area contributed by atoms with E-state index in [1.165, 1.54) is 13.4 Å². The van der Waals surface area contributed by atoms with Crippen molar-refractivity contribution in [3.8, 4) is 0 Å². The highest BCUT2D eigenvalue weighted by Crippen LogP contribution is 2.20. The fourth-order valence-electron chi connectivity index (χ4n) is 3.01. The number of methoxy groups -OCH3 is 1. The SMILES string of the molecule is COC(=O)c1cc(C)ccc1NC(=O)CCc1c(C)nc2ncnn2c1C. The highest BCUT2D eigenvalue weighted by Gasteiger charge is 2.16. The summed E-state index contributed by atoms with van der Waals surface area (Å²) in [7, 11) is 1.31. The van der Waals surface area contributed by atoms with Gasteiger partial charge in [-0.25, -0.2) is 14.3 Å². The molecule has 0 bridgehead atoms. The number of aromatic nitrogens is 4. The number of anilines is 1. The van der Waals surface area contributed by atoms with Gasteiger partial charge < -0.3 is 10.1 Å². The van der Waals surface area contributed by atoms with Crippen molar-refractivity contribution in [3.05, 3.63) is 52.6 Å². The fourth-order valence-corrected chi connectivity index (χ4v) is 3.01. The van der Waals surface area contributed by atoms with E-state index in [0.29, 0.717) is 23.4 Å². The second-order valence-corrected chi connectivity index (χ2v) is 6.32. The summed E-state index contributed by atoms with van der Waals surface area (Å²) >= 11 is 0. The summed E-state index contributed by atoms with van der Waals surface area (Å²) in [5.41, 5.74) is 4.38. The Hall–Kier alpha value is -3.29. The third-order valence-corrected chi connectivity index (χ3v) is 4.45. The maximum Gasteiger partial charge on any atom is 0.339 e. The molecule has 0 radical (unpaired) electrons. The minimum absolute atomic E-state index is 0.193. The van der Waals surface area contributed by atoms with E-state index in [1.54, 1.807) is 16.6 Å². The van der Waals surface area contributed by atoms with Crippen LogP contribution in [0.1, 0.15) is 39.3 Å². The molecule has 1 amide bonds. The number of carbonyl (C=O) groups excluding carboxylic acids is 2. The summed E-state index contributed by atoms with van der Waals surface area (Å²) in [6, 6.07) is 5.23. The van der Waals surface area contributed by atoms with Gasteiger partial charge in [-0.15, -0.1) is 0 Å². The maximum atomic E-state index is 12.5. The van der Waals surface area contributed by atoms with E-state index in [0.717, 1.165) is 22.5 Å². The van der Waals surface area contributed by atoms with E-state index < -0.39 is 5.97 Å². The van der Waals surface area contributed by atoms with Gasteiger partial charge in [-0.3, -0.25) is 4.79 Å². The molecule has 0 atom stereocenters. The van der Waals surface area contributed by atoms with Crippen molar-refractivity contribution in [1.82, 2.24) is 19.6 Å². The summed E-state index contributed by atoms with van der Waals surface area (Å²) in [4.78, 5) is 32.9. The lowest BCUT2D eigenvalue weighted by Crippen LogP contribution is -2.17. The third-order valence-electron chi connectivity index (χ3n) is 4.45. The van der Waals surface area contributed by atoms with Crippen LogP contribution in [0.25, 0.3) is 5.78 Å². The van der Waals surface area contributed by atoms with Gasteiger partial charge in [0.15, 0.2) is 0 Å². The molecule has 0 saturated carbocycles. The van der Waals surface area contributed by atoms with Crippen LogP contribution in [0.3, 0.4) is 0 Å². The predicted octanol–water partition coefficient (Wildman–Crippen LogP) is 2.41. The van der Waals surface area contributed by atoms with Crippen molar-refractivity contribution in [2.24, 2.45) is 0 Å². The van der Waals surface area contributed by atoms with Crippen LogP contribution in [0, 0.1) is 20.8 Å². The quantitative estimate of drug-likeness (QED) is 0.695. The number of rotatable bonds is 5. The lowest BCUT2D eigenvalue weighted by molar-refractivity contribution is -0.116. The molecule has 1 aromatic carbocycles. The lowest BCUT2D eigenvalue weighted by Gasteiger charge is -2.12. The Bertz CT molecular complexity index is 1030. The van der Waals surface area contributed by atoms with Crippen LogP contribution in [-0.2, 0) is 16.0 Å². The van der Waals surface area contributed by atoms with Crippen molar-refractivity contribution in [2.75, 3.05) is 12.4 Å². The number of hydrogen-bond acceptors (Lipinski definition) is 6. The molecule has 8 nitrogen and oxygen atoms in total. The van der Waals surface area contributed by atoms with E-state index in [2.05, 4.69) is 20.4 Å². The van der Waals surface area contributed by atoms with Gasteiger partial charge >= 0.3 is 5.97 Å². The molecule has 0 fully saturated rings. The Balaban J connectivity index is 1.75. The number of benzene rings is 1. The van der Waals surface area contributed by atoms with Crippen LogP contribution in [0.5, 0.6) is 0 Å². The molecule has 8 heteroatoms. The van der Waals surface area contributed by atoms with Crippen molar-refractivity contribution >= 4 is 23.3 Å². The van der Waals surface area contributed by atoms with Crippen LogP contribution in [0.4, 0.5) is 5.69 Å².